The van der Waals surface area contributed by atoms with Crippen molar-refractivity contribution < 1.29 is 15.1 Å². The van der Waals surface area contributed by atoms with Crippen molar-refractivity contribution in [2.75, 3.05) is 0 Å². The standard InChI is InChI=1S/C46H63N2PS.2ClH.Ru/c1-31-26-33(3)44(34(4)27-31)47-37(7)38(8)48(45-35(5)28-32(2)29-36(45)6)46(47)49(40-19-11-9-12-20-40,41-21-13-10-14-22-41)43-24-16-15-18-39(43)30-42-23-17-25-50-42;;;/h17,23,25-30,40-41,43H,9-16,18-22,24H2,1-8H3;2*1H;/q;;;+2/p-2. The first-order valence-electron chi connectivity index (χ1n) is 20.3. The third-order valence-electron chi connectivity index (χ3n) is 13.0. The van der Waals surface area contributed by atoms with E-state index in [2.05, 4.69) is 112 Å². The van der Waals surface area contributed by atoms with E-state index in [0.717, 1.165) is 11.3 Å². The summed E-state index contributed by atoms with van der Waals surface area (Å²) < 4.78 is 5.85. The summed E-state index contributed by atoms with van der Waals surface area (Å²) in [5.74, 6) is 0. The van der Waals surface area contributed by atoms with Crippen molar-refractivity contribution in [3.8, 4) is 11.4 Å². The van der Waals surface area contributed by atoms with Crippen molar-refractivity contribution in [3.05, 3.63) is 102 Å². The van der Waals surface area contributed by atoms with Crippen LogP contribution in [-0.2, 0) is 15.1 Å². The Morgan fingerprint density at radius 1 is 0.642 bits per heavy atom. The van der Waals surface area contributed by atoms with Gasteiger partial charge in [-0.15, -0.1) is 11.3 Å². The van der Waals surface area contributed by atoms with Gasteiger partial charge >= 0.3 is 34.5 Å². The van der Waals surface area contributed by atoms with Crippen LogP contribution in [0.3, 0.4) is 0 Å². The van der Waals surface area contributed by atoms with Crippen LogP contribution < -0.4 is 0 Å². The molecule has 0 radical (unpaired) electrons. The molecule has 4 aromatic rings. The Morgan fingerprint density at radius 2 is 1.08 bits per heavy atom. The molecule has 3 fully saturated rings. The van der Waals surface area contributed by atoms with Crippen LogP contribution in [0.5, 0.6) is 0 Å². The first kappa shape index (κ1) is 41.4. The molecule has 2 nitrogen and oxygen atoms in total. The number of nitrogens with zero attached hydrogens (tertiary/aromatic N) is 2. The van der Waals surface area contributed by atoms with E-state index < -0.39 is 6.89 Å². The van der Waals surface area contributed by atoms with E-state index in [1.54, 1.807) is 10.8 Å². The monoisotopic (exact) mass is 878 g/mol. The number of allylic oxidation sites excluding steroid dienone is 1. The van der Waals surface area contributed by atoms with Gasteiger partial charge in [-0.2, -0.15) is 0 Å². The van der Waals surface area contributed by atoms with Gasteiger partial charge in [-0.3, -0.25) is 9.13 Å². The number of hydrogen-bond donors (Lipinski definition) is 0. The van der Waals surface area contributed by atoms with Crippen LogP contribution in [0.15, 0.2) is 47.4 Å². The zero-order valence-corrected chi connectivity index (χ0v) is 38.6. The van der Waals surface area contributed by atoms with Gasteiger partial charge in [0.2, 0.25) is 0 Å². The van der Waals surface area contributed by atoms with Gasteiger partial charge in [0.05, 0.1) is 11.4 Å². The van der Waals surface area contributed by atoms with E-state index in [-0.39, 0.29) is 15.1 Å². The molecular weight excluding hydrogens is 816 g/mol. The summed E-state index contributed by atoms with van der Waals surface area (Å²) in [5, 5.41) is 4.02. The Hall–Kier alpha value is -1.28. The van der Waals surface area contributed by atoms with Crippen LogP contribution in [0, 0.1) is 60.6 Å². The van der Waals surface area contributed by atoms with Crippen molar-refractivity contribution in [1.29, 1.82) is 0 Å². The molecule has 2 aromatic heterocycles. The Kier molecular flexibility index (Phi) is 14.3. The van der Waals surface area contributed by atoms with Gasteiger partial charge in [0, 0.05) is 21.9 Å². The van der Waals surface area contributed by atoms with Gasteiger partial charge in [0.25, 0.3) is 0 Å². The number of benzene rings is 2. The molecule has 1 unspecified atom stereocenters. The molecule has 53 heavy (non-hydrogen) atoms. The second-order valence-corrected chi connectivity index (χ2v) is 24.4. The zero-order chi connectivity index (χ0) is 37.9. The summed E-state index contributed by atoms with van der Waals surface area (Å²) in [4.78, 5) is 1.46. The number of aryl methyl sites for hydroxylation is 6. The van der Waals surface area contributed by atoms with E-state index in [9.17, 15) is 0 Å². The van der Waals surface area contributed by atoms with Crippen LogP contribution >= 0.6 is 37.6 Å². The number of aromatic nitrogens is 2. The van der Waals surface area contributed by atoms with Gasteiger partial charge in [-0.05, 0) is 158 Å². The molecule has 0 amide bonds. The molecule has 0 N–H and O–H groups in total. The summed E-state index contributed by atoms with van der Waals surface area (Å²) in [6.45, 7) is 17.2. The number of halogens is 2. The first-order valence-corrected chi connectivity index (χ1v) is 27.7. The summed E-state index contributed by atoms with van der Waals surface area (Å²) in [5.41, 5.74) is 18.3. The van der Waals surface area contributed by atoms with Crippen molar-refractivity contribution in [3.63, 3.8) is 0 Å². The van der Waals surface area contributed by atoms with Gasteiger partial charge < -0.3 is 0 Å². The molecule has 0 spiro atoms. The minimum absolute atomic E-state index is 0.346. The van der Waals surface area contributed by atoms with Crippen molar-refractivity contribution in [2.24, 2.45) is 0 Å². The number of imidazole rings is 1. The second kappa shape index (κ2) is 18.3. The molecule has 290 valence electrons. The van der Waals surface area contributed by atoms with E-state index in [1.807, 2.05) is 11.3 Å². The minimum atomic E-state index is -1.90. The van der Waals surface area contributed by atoms with Gasteiger partial charge in [-0.1, -0.05) is 92.0 Å². The molecule has 2 heterocycles. The predicted molar refractivity (Wildman–Crippen MR) is 233 cm³/mol. The second-order valence-electron chi connectivity index (χ2n) is 16.6. The third-order valence-corrected chi connectivity index (χ3v) is 20.0. The number of thiophene rings is 1. The Balaban J connectivity index is 0.00000155. The molecule has 3 aliphatic rings. The molecule has 1 atom stereocenters. The van der Waals surface area contributed by atoms with Crippen LogP contribution in [-0.4, -0.2) is 26.1 Å². The molecular formula is C46H63Cl2N2PRuS. The van der Waals surface area contributed by atoms with Crippen LogP contribution in [0.4, 0.5) is 0 Å². The molecule has 7 rings (SSSR count). The van der Waals surface area contributed by atoms with Crippen molar-refractivity contribution in [1.82, 2.24) is 9.13 Å². The Labute approximate surface area is 341 Å². The Morgan fingerprint density at radius 3 is 1.49 bits per heavy atom. The third kappa shape index (κ3) is 8.26. The van der Waals surface area contributed by atoms with Crippen LogP contribution in [0.25, 0.3) is 17.5 Å². The molecule has 3 saturated carbocycles. The summed E-state index contributed by atoms with van der Waals surface area (Å²) >= 11 is 1.59. The molecule has 7 heteroatoms. The maximum absolute atomic E-state index is 4.85. The summed E-state index contributed by atoms with van der Waals surface area (Å²) in [6, 6.07) is 14.5. The van der Waals surface area contributed by atoms with Gasteiger partial charge in [-0.25, -0.2) is 0 Å². The number of rotatable bonds is 6. The van der Waals surface area contributed by atoms with Crippen LogP contribution in [0.1, 0.15) is 140 Å². The molecule has 0 aliphatic heterocycles. The fourth-order valence-corrected chi connectivity index (χ4v) is 19.4. The van der Waals surface area contributed by atoms with Crippen molar-refractivity contribution in [2.45, 2.75) is 162 Å². The van der Waals surface area contributed by atoms with Crippen LogP contribution in [0.2, 0.25) is 0 Å². The average molecular weight is 879 g/mol. The predicted octanol–water partition coefficient (Wildman–Crippen LogP) is 15.4. The molecule has 3 aliphatic carbocycles. The normalized spacial score (nSPS) is 19.8. The fraction of sp³-hybridized carbons (Fsp3) is 0.543. The summed E-state index contributed by atoms with van der Waals surface area (Å²) in [6.07, 6.45) is 22.1. The topological polar surface area (TPSA) is 9.86 Å². The molecule has 0 bridgehead atoms. The van der Waals surface area contributed by atoms with E-state index in [1.165, 1.54) is 151 Å². The fourth-order valence-electron chi connectivity index (χ4n) is 11.2. The SMILES string of the molecule is Cc1cc(C)c(-n2c(C)c(C)n(-c3c(C)cc(C)cc3C)c2=P(C2CCCCC2)(C2CCCCC2)C2CCCCC2=Cc2cccs2)c(C)c1.[Cl][Ru][Cl]. The van der Waals surface area contributed by atoms with E-state index in [4.69, 9.17) is 19.4 Å². The van der Waals surface area contributed by atoms with E-state index in [0.29, 0.717) is 5.66 Å². The van der Waals surface area contributed by atoms with Gasteiger partial charge in [0.15, 0.2) is 0 Å². The van der Waals surface area contributed by atoms with Crippen molar-refractivity contribution >= 4 is 43.7 Å². The molecule has 2 aromatic carbocycles. The first-order chi connectivity index (χ1) is 25.5. The Bertz CT molecular complexity index is 1850. The average Bonchev–Trinajstić information content (AvgIpc) is 3.73. The van der Waals surface area contributed by atoms with Gasteiger partial charge in [0.1, 0.15) is 5.20 Å². The zero-order valence-electron chi connectivity index (χ0n) is 33.6. The van der Waals surface area contributed by atoms with E-state index >= 15 is 0 Å². The number of hydrogen-bond acceptors (Lipinski definition) is 1. The quantitative estimate of drug-likeness (QED) is 0.135. The maximum atomic E-state index is 4.85. The summed E-state index contributed by atoms with van der Waals surface area (Å²) in [7, 11) is 9.71. The molecule has 0 saturated heterocycles.